The monoisotopic (exact) mass is 469 g/mol. The number of benzene rings is 1. The molecule has 0 spiro atoms. The van der Waals surface area contributed by atoms with Crippen molar-refractivity contribution in [3.63, 3.8) is 0 Å². The fourth-order valence-corrected chi connectivity index (χ4v) is 3.03. The maximum Gasteiger partial charge on any atom is 0.264 e. The van der Waals surface area contributed by atoms with Gasteiger partial charge in [-0.25, -0.2) is 18.7 Å². The topological polar surface area (TPSA) is 117 Å². The van der Waals surface area contributed by atoms with Gasteiger partial charge in [0.25, 0.3) is 10.1 Å². The van der Waals surface area contributed by atoms with Crippen LogP contribution in [0.1, 0.15) is 11.1 Å². The maximum absolute atomic E-state index is 14.3. The van der Waals surface area contributed by atoms with E-state index in [1.165, 1.54) is 43.4 Å². The lowest BCUT2D eigenvalue weighted by Gasteiger charge is -2.12. The molecule has 1 aromatic carbocycles. The van der Waals surface area contributed by atoms with Gasteiger partial charge in [-0.05, 0) is 18.6 Å². The first-order valence-electron chi connectivity index (χ1n) is 9.26. The van der Waals surface area contributed by atoms with Crippen LogP contribution in [0.5, 0.6) is 11.5 Å². The van der Waals surface area contributed by atoms with E-state index < -0.39 is 21.8 Å². The zero-order valence-electron chi connectivity index (χ0n) is 17.5. The summed E-state index contributed by atoms with van der Waals surface area (Å²) in [7, 11) is -2.21. The van der Waals surface area contributed by atoms with Gasteiger partial charge in [-0.15, -0.1) is 0 Å². The average Bonchev–Trinajstić information content (AvgIpc) is 3.18. The zero-order chi connectivity index (χ0) is 23.3. The van der Waals surface area contributed by atoms with Gasteiger partial charge in [0.05, 0.1) is 56.4 Å². The molecule has 0 atom stereocenters. The summed E-state index contributed by atoms with van der Waals surface area (Å²) in [5.74, 6) is -1.15. The summed E-state index contributed by atoms with van der Waals surface area (Å²) in [6, 6.07) is 1.28. The molecule has 0 fully saturated rings. The molecular formula is C19H21F2N5O5S. The summed E-state index contributed by atoms with van der Waals surface area (Å²) in [4.78, 5) is 8.17. The molecule has 3 aromatic rings. The van der Waals surface area contributed by atoms with Crippen molar-refractivity contribution < 1.29 is 30.9 Å². The molecule has 1 N–H and O–H groups in total. The fourth-order valence-electron chi connectivity index (χ4n) is 2.65. The number of halogens is 2. The lowest BCUT2D eigenvalue weighted by Crippen LogP contribution is -2.10. The Morgan fingerprint density at radius 1 is 1.16 bits per heavy atom. The predicted octanol–water partition coefficient (Wildman–Crippen LogP) is 2.57. The molecule has 0 aliphatic carbocycles. The predicted molar refractivity (Wildman–Crippen MR) is 110 cm³/mol. The molecule has 3 rings (SSSR count). The van der Waals surface area contributed by atoms with Gasteiger partial charge in [0, 0.05) is 6.20 Å². The Bertz CT molecular complexity index is 1190. The molecular weight excluding hydrogens is 448 g/mol. The van der Waals surface area contributed by atoms with Crippen molar-refractivity contribution >= 4 is 21.8 Å². The first kappa shape index (κ1) is 23.3. The van der Waals surface area contributed by atoms with E-state index in [9.17, 15) is 17.2 Å². The first-order chi connectivity index (χ1) is 15.2. The highest BCUT2D eigenvalue weighted by molar-refractivity contribution is 7.85. The van der Waals surface area contributed by atoms with Crippen LogP contribution in [-0.4, -0.2) is 48.1 Å². The van der Waals surface area contributed by atoms with Crippen LogP contribution in [0.25, 0.3) is 0 Å². The van der Waals surface area contributed by atoms with Crippen LogP contribution in [0, 0.1) is 18.6 Å². The highest BCUT2D eigenvalue weighted by Gasteiger charge is 2.18. The summed E-state index contributed by atoms with van der Waals surface area (Å²) in [6.45, 7) is 1.33. The molecule has 32 heavy (non-hydrogen) atoms. The number of anilines is 2. The molecule has 2 heterocycles. The third kappa shape index (κ3) is 6.11. The highest BCUT2D eigenvalue weighted by Crippen LogP contribution is 2.27. The number of aromatic nitrogens is 4. The van der Waals surface area contributed by atoms with Crippen molar-refractivity contribution in [1.82, 2.24) is 19.7 Å². The Morgan fingerprint density at radius 3 is 2.53 bits per heavy atom. The lowest BCUT2D eigenvalue weighted by atomic mass is 10.1. The van der Waals surface area contributed by atoms with Gasteiger partial charge < -0.3 is 14.8 Å². The fraction of sp³-hybridized carbons (Fsp3) is 0.316. The van der Waals surface area contributed by atoms with Crippen LogP contribution in [-0.2, 0) is 27.5 Å². The number of hydrogen-bond donors (Lipinski definition) is 1. The summed E-state index contributed by atoms with van der Waals surface area (Å²) in [5.41, 5.74) is 0.548. The average molecular weight is 469 g/mol. The lowest BCUT2D eigenvalue weighted by molar-refractivity contribution is 0.285. The number of methoxy groups -OCH3 is 1. The molecule has 0 saturated carbocycles. The maximum atomic E-state index is 14.3. The van der Waals surface area contributed by atoms with E-state index in [2.05, 4.69) is 24.6 Å². The van der Waals surface area contributed by atoms with E-state index >= 15 is 0 Å². The van der Waals surface area contributed by atoms with Crippen molar-refractivity contribution in [3.8, 4) is 11.5 Å². The van der Waals surface area contributed by atoms with Crippen molar-refractivity contribution in [3.05, 3.63) is 53.6 Å². The van der Waals surface area contributed by atoms with Crippen LogP contribution < -0.4 is 14.8 Å². The van der Waals surface area contributed by atoms with Crippen LogP contribution in [0.2, 0.25) is 0 Å². The number of ether oxygens (including phenoxy) is 2. The third-order valence-electron chi connectivity index (χ3n) is 4.18. The number of aryl methyl sites for hydroxylation is 1. The Morgan fingerprint density at radius 2 is 1.88 bits per heavy atom. The van der Waals surface area contributed by atoms with Gasteiger partial charge in [0.1, 0.15) is 12.4 Å². The Labute approximate surface area is 183 Å². The summed E-state index contributed by atoms with van der Waals surface area (Å²) < 4.78 is 67.0. The summed E-state index contributed by atoms with van der Waals surface area (Å²) in [5, 5.41) is 6.98. The van der Waals surface area contributed by atoms with Gasteiger partial charge >= 0.3 is 0 Å². The van der Waals surface area contributed by atoms with Crippen LogP contribution in [0.3, 0.4) is 0 Å². The van der Waals surface area contributed by atoms with Gasteiger partial charge in [0.2, 0.25) is 5.95 Å². The quantitative estimate of drug-likeness (QED) is 0.447. The molecule has 0 radical (unpaired) electrons. The number of nitrogens with zero attached hydrogens (tertiary/aromatic N) is 4. The normalized spacial score (nSPS) is 11.4. The van der Waals surface area contributed by atoms with Crippen molar-refractivity contribution in [2.45, 2.75) is 20.1 Å². The van der Waals surface area contributed by atoms with Gasteiger partial charge in [0.15, 0.2) is 17.3 Å². The van der Waals surface area contributed by atoms with E-state index in [1.807, 2.05) is 0 Å². The summed E-state index contributed by atoms with van der Waals surface area (Å²) in [6.07, 6.45) is 6.80. The second kappa shape index (κ2) is 9.87. The first-order valence-corrected chi connectivity index (χ1v) is 11.1. The molecule has 0 unspecified atom stereocenters. The van der Waals surface area contributed by atoms with Crippen LogP contribution in [0.15, 0.2) is 30.9 Å². The molecule has 10 nitrogen and oxygen atoms in total. The zero-order valence-corrected chi connectivity index (χ0v) is 18.3. The molecule has 2 aromatic heterocycles. The Hall–Kier alpha value is -3.32. The molecule has 172 valence electrons. The largest absolute Gasteiger partial charge is 0.494 e. The Balaban J connectivity index is 1.58. The molecule has 0 aliphatic heterocycles. The highest BCUT2D eigenvalue weighted by atomic mass is 32.2. The smallest absolute Gasteiger partial charge is 0.264 e. The van der Waals surface area contributed by atoms with E-state index in [0.717, 1.165) is 6.26 Å². The Kier molecular flexibility index (Phi) is 7.20. The van der Waals surface area contributed by atoms with E-state index in [0.29, 0.717) is 5.69 Å². The summed E-state index contributed by atoms with van der Waals surface area (Å²) >= 11 is 0. The molecule has 0 bridgehead atoms. The second-order valence-corrected chi connectivity index (χ2v) is 8.32. The second-order valence-electron chi connectivity index (χ2n) is 6.68. The van der Waals surface area contributed by atoms with E-state index in [-0.39, 0.29) is 48.3 Å². The van der Waals surface area contributed by atoms with Gasteiger partial charge in [-0.1, -0.05) is 0 Å². The van der Waals surface area contributed by atoms with Gasteiger partial charge in [-0.3, -0.25) is 8.86 Å². The number of nitrogens with one attached hydrogen (secondary N) is 1. The van der Waals surface area contributed by atoms with Crippen molar-refractivity contribution in [1.29, 1.82) is 0 Å². The number of hydrogen-bond acceptors (Lipinski definition) is 9. The minimum atomic E-state index is -3.51. The molecule has 0 aliphatic rings. The minimum Gasteiger partial charge on any atom is -0.494 e. The van der Waals surface area contributed by atoms with E-state index in [4.69, 9.17) is 9.47 Å². The number of rotatable bonds is 10. The van der Waals surface area contributed by atoms with E-state index in [1.54, 1.807) is 6.20 Å². The molecule has 13 heteroatoms. The minimum absolute atomic E-state index is 0.0451. The van der Waals surface area contributed by atoms with Crippen LogP contribution in [0.4, 0.5) is 20.4 Å². The van der Waals surface area contributed by atoms with Crippen LogP contribution >= 0.6 is 0 Å². The van der Waals surface area contributed by atoms with Crippen molar-refractivity contribution in [2.75, 3.05) is 25.3 Å². The standard InChI is InChI=1S/C19H21F2N5O5S/c1-12-6-16(29-2)18(21)15(17(12)20)11-30-14-8-22-19(23-9-14)25-13-7-24-26(10-13)4-5-31-32(3,27)28/h6-10H,4-5,11H2,1-3H3,(H,22,23,25). The SMILES string of the molecule is COc1cc(C)c(F)c(COc2cnc(Nc3cnn(CCOS(C)(=O)=O)c3)nc2)c1F. The van der Waals surface area contributed by atoms with Crippen molar-refractivity contribution in [2.24, 2.45) is 0 Å². The molecule has 0 saturated heterocycles. The molecule has 0 amide bonds. The third-order valence-corrected chi connectivity index (χ3v) is 4.77. The van der Waals surface area contributed by atoms with Gasteiger partial charge in [-0.2, -0.15) is 13.5 Å².